The molecule has 6 nitrogen and oxygen atoms in total. The Hall–Kier alpha value is -1.80. The minimum Gasteiger partial charge on any atom is -0.495 e. The monoisotopic (exact) mass is 429 g/mol. The molecule has 1 aliphatic heterocycles. The molecule has 0 aliphatic carbocycles. The van der Waals surface area contributed by atoms with Gasteiger partial charge in [0.05, 0.1) is 17.7 Å². The first kappa shape index (κ1) is 19.9. The van der Waals surface area contributed by atoms with E-state index in [9.17, 15) is 13.2 Å². The summed E-state index contributed by atoms with van der Waals surface area (Å²) in [5.41, 5.74) is 0.0598. The van der Waals surface area contributed by atoms with Gasteiger partial charge in [-0.05, 0) is 43.2 Å². The quantitative estimate of drug-likeness (QED) is 0.530. The zero-order valence-electron chi connectivity index (χ0n) is 14.4. The van der Waals surface area contributed by atoms with E-state index in [1.54, 1.807) is 6.07 Å². The van der Waals surface area contributed by atoms with Crippen molar-refractivity contribution in [3.8, 4) is 11.5 Å². The van der Waals surface area contributed by atoms with Crippen LogP contribution in [0.2, 0.25) is 10.0 Å². The van der Waals surface area contributed by atoms with Gasteiger partial charge in [-0.2, -0.15) is 4.31 Å². The van der Waals surface area contributed by atoms with Gasteiger partial charge in [0.15, 0.2) is 5.75 Å². The first-order chi connectivity index (χ1) is 12.8. The van der Waals surface area contributed by atoms with Crippen LogP contribution >= 0.6 is 23.2 Å². The number of nitrogens with zero attached hydrogens (tertiary/aromatic N) is 1. The van der Waals surface area contributed by atoms with E-state index < -0.39 is 16.0 Å². The number of benzene rings is 2. The lowest BCUT2D eigenvalue weighted by molar-refractivity contribution is 0.0734. The number of hydrogen-bond acceptors (Lipinski definition) is 5. The van der Waals surface area contributed by atoms with Crippen molar-refractivity contribution in [3.05, 3.63) is 52.0 Å². The van der Waals surface area contributed by atoms with Gasteiger partial charge in [0.25, 0.3) is 0 Å². The van der Waals surface area contributed by atoms with Crippen molar-refractivity contribution in [2.24, 2.45) is 0 Å². The summed E-state index contributed by atoms with van der Waals surface area (Å²) in [6.07, 6.45) is 1.60. The molecule has 2 aromatic rings. The fraction of sp³-hybridized carbons (Fsp3) is 0.278. The van der Waals surface area contributed by atoms with Crippen molar-refractivity contribution in [3.63, 3.8) is 0 Å². The standard InChI is InChI=1S/C18H17Cl2NO5S/c1-25-15-7-4-12(10-17(15)27(23,24)21-8-2-3-9-21)18(22)26-16-11-13(19)5-6-14(16)20/h4-7,10-11H,2-3,8-9H2,1H3. The van der Waals surface area contributed by atoms with E-state index in [0.717, 1.165) is 12.8 Å². The Morgan fingerprint density at radius 2 is 1.74 bits per heavy atom. The third-order valence-corrected chi connectivity index (χ3v) is 6.65. The SMILES string of the molecule is COc1ccc(C(=O)Oc2cc(Cl)ccc2Cl)cc1S(=O)(=O)N1CCCC1. The highest BCUT2D eigenvalue weighted by molar-refractivity contribution is 7.89. The third kappa shape index (κ3) is 4.21. The Labute approximate surface area is 167 Å². The smallest absolute Gasteiger partial charge is 0.343 e. The Balaban J connectivity index is 1.95. The lowest BCUT2D eigenvalue weighted by Crippen LogP contribution is -2.28. The predicted octanol–water partition coefficient (Wildman–Crippen LogP) is 4.01. The van der Waals surface area contributed by atoms with Crippen LogP contribution in [0.15, 0.2) is 41.3 Å². The number of ether oxygens (including phenoxy) is 2. The van der Waals surface area contributed by atoms with E-state index in [1.165, 1.54) is 41.7 Å². The first-order valence-electron chi connectivity index (χ1n) is 8.18. The number of halogens is 2. The molecule has 0 atom stereocenters. The number of esters is 1. The van der Waals surface area contributed by atoms with Gasteiger partial charge in [-0.1, -0.05) is 23.2 Å². The molecule has 0 spiro atoms. The molecule has 0 saturated carbocycles. The van der Waals surface area contributed by atoms with Gasteiger partial charge in [-0.15, -0.1) is 0 Å². The van der Waals surface area contributed by atoms with Gasteiger partial charge < -0.3 is 9.47 Å². The molecule has 0 radical (unpaired) electrons. The topological polar surface area (TPSA) is 72.9 Å². The minimum absolute atomic E-state index is 0.0598. The van der Waals surface area contributed by atoms with E-state index in [-0.39, 0.29) is 27.0 Å². The maximum atomic E-state index is 12.9. The average molecular weight is 430 g/mol. The van der Waals surface area contributed by atoms with Crippen LogP contribution in [0.4, 0.5) is 0 Å². The molecule has 0 bridgehead atoms. The predicted molar refractivity (Wildman–Crippen MR) is 102 cm³/mol. The van der Waals surface area contributed by atoms with Gasteiger partial charge in [0.2, 0.25) is 10.0 Å². The molecule has 2 aromatic carbocycles. The van der Waals surface area contributed by atoms with E-state index in [2.05, 4.69) is 0 Å². The molecule has 0 N–H and O–H groups in total. The normalized spacial score (nSPS) is 14.9. The number of sulfonamides is 1. The van der Waals surface area contributed by atoms with E-state index >= 15 is 0 Å². The molecular formula is C18H17Cl2NO5S. The van der Waals surface area contributed by atoms with E-state index in [0.29, 0.717) is 18.1 Å². The van der Waals surface area contributed by atoms with Crippen LogP contribution in [0.25, 0.3) is 0 Å². The fourth-order valence-corrected chi connectivity index (χ4v) is 4.80. The molecular weight excluding hydrogens is 413 g/mol. The van der Waals surface area contributed by atoms with Crippen molar-refractivity contribution in [2.75, 3.05) is 20.2 Å². The molecule has 1 fully saturated rings. The van der Waals surface area contributed by atoms with Crippen molar-refractivity contribution in [1.82, 2.24) is 4.31 Å². The molecule has 1 heterocycles. The lowest BCUT2D eigenvalue weighted by Gasteiger charge is -2.18. The Bertz CT molecular complexity index is 972. The van der Waals surface area contributed by atoms with Gasteiger partial charge in [0, 0.05) is 24.2 Å². The molecule has 27 heavy (non-hydrogen) atoms. The molecule has 0 aromatic heterocycles. The average Bonchev–Trinajstić information content (AvgIpc) is 3.19. The highest BCUT2D eigenvalue weighted by Gasteiger charge is 2.31. The molecule has 9 heteroatoms. The van der Waals surface area contributed by atoms with E-state index in [1.807, 2.05) is 0 Å². The Morgan fingerprint density at radius 1 is 1.04 bits per heavy atom. The molecule has 144 valence electrons. The second-order valence-electron chi connectivity index (χ2n) is 5.94. The van der Waals surface area contributed by atoms with Crippen molar-refractivity contribution in [2.45, 2.75) is 17.7 Å². The molecule has 0 unspecified atom stereocenters. The van der Waals surface area contributed by atoms with Crippen molar-refractivity contribution >= 4 is 39.2 Å². The summed E-state index contributed by atoms with van der Waals surface area (Å²) in [4.78, 5) is 12.4. The third-order valence-electron chi connectivity index (χ3n) is 4.18. The molecule has 1 aliphatic rings. The summed E-state index contributed by atoms with van der Waals surface area (Å²) in [6.45, 7) is 0.885. The van der Waals surface area contributed by atoms with Gasteiger partial charge >= 0.3 is 5.97 Å². The van der Waals surface area contributed by atoms with Crippen LogP contribution < -0.4 is 9.47 Å². The van der Waals surface area contributed by atoms with E-state index in [4.69, 9.17) is 32.7 Å². The van der Waals surface area contributed by atoms with Crippen molar-refractivity contribution < 1.29 is 22.7 Å². The fourth-order valence-electron chi connectivity index (χ4n) is 2.79. The molecule has 1 saturated heterocycles. The summed E-state index contributed by atoms with van der Waals surface area (Å²) in [5.74, 6) is -0.493. The lowest BCUT2D eigenvalue weighted by atomic mass is 10.2. The zero-order chi connectivity index (χ0) is 19.6. The zero-order valence-corrected chi connectivity index (χ0v) is 16.8. The summed E-state index contributed by atoms with van der Waals surface area (Å²) in [7, 11) is -2.39. The van der Waals surface area contributed by atoms with Gasteiger partial charge in [0.1, 0.15) is 10.6 Å². The summed E-state index contributed by atoms with van der Waals surface area (Å²) in [6, 6.07) is 8.60. The summed E-state index contributed by atoms with van der Waals surface area (Å²) < 4.78 is 37.6. The number of carbonyl (C=O) groups is 1. The minimum atomic E-state index is -3.77. The number of rotatable bonds is 5. The molecule has 0 amide bonds. The van der Waals surface area contributed by atoms with Crippen LogP contribution in [0.5, 0.6) is 11.5 Å². The first-order valence-corrected chi connectivity index (χ1v) is 10.4. The second kappa shape index (κ2) is 8.06. The number of hydrogen-bond donors (Lipinski definition) is 0. The Kier molecular flexibility index (Phi) is 5.95. The van der Waals surface area contributed by atoms with Crippen molar-refractivity contribution in [1.29, 1.82) is 0 Å². The number of methoxy groups -OCH3 is 1. The van der Waals surface area contributed by atoms with Crippen LogP contribution in [0, 0.1) is 0 Å². The second-order valence-corrected chi connectivity index (χ2v) is 8.69. The van der Waals surface area contributed by atoms with Gasteiger partial charge in [-0.3, -0.25) is 0 Å². The van der Waals surface area contributed by atoms with Crippen LogP contribution in [0.1, 0.15) is 23.2 Å². The maximum absolute atomic E-state index is 12.9. The number of carbonyl (C=O) groups excluding carboxylic acids is 1. The van der Waals surface area contributed by atoms with Gasteiger partial charge in [-0.25, -0.2) is 13.2 Å². The van der Waals surface area contributed by atoms with Crippen LogP contribution in [-0.4, -0.2) is 38.9 Å². The van der Waals surface area contributed by atoms with Crippen LogP contribution in [0.3, 0.4) is 0 Å². The summed E-state index contributed by atoms with van der Waals surface area (Å²) in [5, 5.41) is 0.570. The highest BCUT2D eigenvalue weighted by atomic mass is 35.5. The van der Waals surface area contributed by atoms with Crippen LogP contribution in [-0.2, 0) is 10.0 Å². The largest absolute Gasteiger partial charge is 0.495 e. The molecule has 3 rings (SSSR count). The Morgan fingerprint density at radius 3 is 2.41 bits per heavy atom. The summed E-state index contributed by atoms with van der Waals surface area (Å²) >= 11 is 11.9. The highest BCUT2D eigenvalue weighted by Crippen LogP contribution is 2.32. The maximum Gasteiger partial charge on any atom is 0.343 e.